The molecule has 2 aromatic rings. The number of nitrogens with zero attached hydrogens (tertiary/aromatic N) is 3. The van der Waals surface area contributed by atoms with Crippen LogP contribution in [0.4, 0.5) is 4.79 Å². The Labute approximate surface area is 148 Å². The molecule has 132 valence electrons. The second kappa shape index (κ2) is 6.86. The maximum Gasteiger partial charge on any atom is 0.315 e. The zero-order chi connectivity index (χ0) is 17.2. The van der Waals surface area contributed by atoms with E-state index in [1.807, 2.05) is 12.1 Å². The number of carbonyl (C=O) groups is 1. The predicted molar refractivity (Wildman–Crippen MR) is 95.2 cm³/mol. The SMILES string of the molecule is Cc1ccccc1C(NC(=O)NCCc1nnc2n1CCC2)C1CC1. The molecule has 0 radical (unpaired) electrons. The maximum absolute atomic E-state index is 12.4. The average molecular weight is 339 g/mol. The summed E-state index contributed by atoms with van der Waals surface area (Å²) in [6.07, 6.45) is 5.25. The molecule has 2 aliphatic rings. The average Bonchev–Trinajstić information content (AvgIpc) is 3.21. The summed E-state index contributed by atoms with van der Waals surface area (Å²) >= 11 is 0. The van der Waals surface area contributed by atoms with Gasteiger partial charge in [-0.05, 0) is 43.2 Å². The molecular weight excluding hydrogens is 314 g/mol. The lowest BCUT2D eigenvalue weighted by Crippen LogP contribution is -2.40. The molecule has 0 bridgehead atoms. The van der Waals surface area contributed by atoms with Crippen molar-refractivity contribution in [1.29, 1.82) is 0 Å². The zero-order valence-electron chi connectivity index (χ0n) is 14.7. The molecule has 2 N–H and O–H groups in total. The number of hydrogen-bond acceptors (Lipinski definition) is 3. The summed E-state index contributed by atoms with van der Waals surface area (Å²) in [6, 6.07) is 8.33. The van der Waals surface area contributed by atoms with Crippen molar-refractivity contribution in [2.45, 2.75) is 51.6 Å². The molecule has 1 fully saturated rings. The van der Waals surface area contributed by atoms with Gasteiger partial charge in [-0.1, -0.05) is 24.3 Å². The third-order valence-corrected chi connectivity index (χ3v) is 5.22. The number of rotatable bonds is 6. The van der Waals surface area contributed by atoms with Gasteiger partial charge in [-0.15, -0.1) is 10.2 Å². The van der Waals surface area contributed by atoms with Crippen molar-refractivity contribution in [3.63, 3.8) is 0 Å². The van der Waals surface area contributed by atoms with Crippen LogP contribution in [0.15, 0.2) is 24.3 Å². The third-order valence-electron chi connectivity index (χ3n) is 5.22. The monoisotopic (exact) mass is 339 g/mol. The van der Waals surface area contributed by atoms with Gasteiger partial charge in [-0.25, -0.2) is 4.79 Å². The Morgan fingerprint density at radius 1 is 1.32 bits per heavy atom. The quantitative estimate of drug-likeness (QED) is 0.849. The number of aryl methyl sites for hydroxylation is 2. The Balaban J connectivity index is 1.32. The number of carbonyl (C=O) groups excluding carboxylic acids is 1. The van der Waals surface area contributed by atoms with Gasteiger partial charge in [0.1, 0.15) is 11.6 Å². The van der Waals surface area contributed by atoms with Crippen molar-refractivity contribution in [2.75, 3.05) is 6.54 Å². The number of urea groups is 1. The first-order valence-electron chi connectivity index (χ1n) is 9.23. The van der Waals surface area contributed by atoms with Gasteiger partial charge in [0, 0.05) is 25.9 Å². The fourth-order valence-electron chi connectivity index (χ4n) is 3.69. The van der Waals surface area contributed by atoms with Crippen LogP contribution in [0.25, 0.3) is 0 Å². The van der Waals surface area contributed by atoms with E-state index in [1.165, 1.54) is 24.0 Å². The van der Waals surface area contributed by atoms with E-state index in [4.69, 9.17) is 0 Å². The second-order valence-corrected chi connectivity index (χ2v) is 7.11. The highest BCUT2D eigenvalue weighted by Gasteiger charge is 2.34. The van der Waals surface area contributed by atoms with Gasteiger partial charge in [-0.2, -0.15) is 0 Å². The fourth-order valence-corrected chi connectivity index (χ4v) is 3.69. The summed E-state index contributed by atoms with van der Waals surface area (Å²) < 4.78 is 2.18. The highest BCUT2D eigenvalue weighted by molar-refractivity contribution is 5.74. The number of fused-ring (bicyclic) bond motifs is 1. The topological polar surface area (TPSA) is 71.8 Å². The predicted octanol–water partition coefficient (Wildman–Crippen LogP) is 2.53. The summed E-state index contributed by atoms with van der Waals surface area (Å²) in [5.41, 5.74) is 2.47. The first-order chi connectivity index (χ1) is 12.2. The second-order valence-electron chi connectivity index (χ2n) is 7.11. The van der Waals surface area contributed by atoms with Crippen molar-refractivity contribution in [1.82, 2.24) is 25.4 Å². The Bertz CT molecular complexity index is 765. The van der Waals surface area contributed by atoms with Crippen LogP contribution in [0.3, 0.4) is 0 Å². The van der Waals surface area contributed by atoms with E-state index < -0.39 is 0 Å². The van der Waals surface area contributed by atoms with Gasteiger partial charge in [0.2, 0.25) is 0 Å². The molecule has 1 aliphatic heterocycles. The molecule has 1 aromatic heterocycles. The minimum Gasteiger partial charge on any atom is -0.338 e. The highest BCUT2D eigenvalue weighted by atomic mass is 16.2. The van der Waals surface area contributed by atoms with Crippen molar-refractivity contribution in [2.24, 2.45) is 5.92 Å². The Hall–Kier alpha value is -2.37. The van der Waals surface area contributed by atoms with Crippen LogP contribution in [-0.4, -0.2) is 27.3 Å². The minimum atomic E-state index is -0.0960. The molecule has 1 atom stereocenters. The molecular formula is C19H25N5O. The van der Waals surface area contributed by atoms with Gasteiger partial charge in [-0.3, -0.25) is 0 Å². The lowest BCUT2D eigenvalue weighted by Gasteiger charge is -2.21. The van der Waals surface area contributed by atoms with Crippen LogP contribution in [0, 0.1) is 12.8 Å². The van der Waals surface area contributed by atoms with Crippen LogP contribution < -0.4 is 10.6 Å². The molecule has 4 rings (SSSR count). The van der Waals surface area contributed by atoms with Gasteiger partial charge in [0.05, 0.1) is 6.04 Å². The van der Waals surface area contributed by atoms with Gasteiger partial charge in [0.25, 0.3) is 0 Å². The van der Waals surface area contributed by atoms with Gasteiger partial charge in [0.15, 0.2) is 0 Å². The van der Waals surface area contributed by atoms with Crippen LogP contribution >= 0.6 is 0 Å². The number of nitrogens with one attached hydrogen (secondary N) is 2. The summed E-state index contributed by atoms with van der Waals surface area (Å²) in [6.45, 7) is 3.69. The summed E-state index contributed by atoms with van der Waals surface area (Å²) in [5.74, 6) is 2.62. The molecule has 6 nitrogen and oxygen atoms in total. The summed E-state index contributed by atoms with van der Waals surface area (Å²) in [7, 11) is 0. The van der Waals surface area contributed by atoms with Crippen molar-refractivity contribution >= 4 is 6.03 Å². The fraction of sp³-hybridized carbons (Fsp3) is 0.526. The number of amides is 2. The van der Waals surface area contributed by atoms with Crippen molar-refractivity contribution < 1.29 is 4.79 Å². The van der Waals surface area contributed by atoms with Crippen LogP contribution in [-0.2, 0) is 19.4 Å². The number of benzene rings is 1. The lowest BCUT2D eigenvalue weighted by atomic mass is 9.98. The molecule has 2 amide bonds. The van der Waals surface area contributed by atoms with E-state index in [2.05, 4.69) is 44.5 Å². The molecule has 1 aromatic carbocycles. The molecule has 1 unspecified atom stereocenters. The Kier molecular flexibility index (Phi) is 4.42. The molecule has 6 heteroatoms. The summed E-state index contributed by atoms with van der Waals surface area (Å²) in [4.78, 5) is 12.4. The number of hydrogen-bond donors (Lipinski definition) is 2. The van der Waals surface area contributed by atoms with E-state index in [9.17, 15) is 4.79 Å². The first kappa shape index (κ1) is 16.1. The van der Waals surface area contributed by atoms with Gasteiger partial charge < -0.3 is 15.2 Å². The molecule has 2 heterocycles. The van der Waals surface area contributed by atoms with E-state index >= 15 is 0 Å². The Morgan fingerprint density at radius 3 is 2.96 bits per heavy atom. The molecule has 1 aliphatic carbocycles. The molecule has 1 saturated carbocycles. The molecule has 25 heavy (non-hydrogen) atoms. The summed E-state index contributed by atoms with van der Waals surface area (Å²) in [5, 5.41) is 14.6. The first-order valence-corrected chi connectivity index (χ1v) is 9.23. The van der Waals surface area contributed by atoms with Crippen LogP contribution in [0.5, 0.6) is 0 Å². The van der Waals surface area contributed by atoms with Crippen molar-refractivity contribution in [3.05, 3.63) is 47.0 Å². The smallest absolute Gasteiger partial charge is 0.315 e. The molecule has 0 saturated heterocycles. The molecule has 0 spiro atoms. The minimum absolute atomic E-state index is 0.0960. The Morgan fingerprint density at radius 2 is 2.16 bits per heavy atom. The maximum atomic E-state index is 12.4. The largest absolute Gasteiger partial charge is 0.338 e. The van der Waals surface area contributed by atoms with E-state index in [0.717, 1.165) is 37.5 Å². The lowest BCUT2D eigenvalue weighted by molar-refractivity contribution is 0.235. The van der Waals surface area contributed by atoms with Crippen LogP contribution in [0.1, 0.15) is 48.1 Å². The van der Waals surface area contributed by atoms with Gasteiger partial charge >= 0.3 is 6.03 Å². The van der Waals surface area contributed by atoms with Crippen LogP contribution in [0.2, 0.25) is 0 Å². The van der Waals surface area contributed by atoms with E-state index in [1.54, 1.807) is 0 Å². The highest BCUT2D eigenvalue weighted by Crippen LogP contribution is 2.41. The van der Waals surface area contributed by atoms with Crippen molar-refractivity contribution in [3.8, 4) is 0 Å². The number of aromatic nitrogens is 3. The van der Waals surface area contributed by atoms with E-state index in [0.29, 0.717) is 12.5 Å². The third kappa shape index (κ3) is 3.52. The van der Waals surface area contributed by atoms with E-state index in [-0.39, 0.29) is 12.1 Å². The standard InChI is InChI=1S/C19H25N5O/c1-13-5-2-3-6-15(13)18(14-8-9-14)21-19(25)20-11-10-17-23-22-16-7-4-12-24(16)17/h2-3,5-6,14,18H,4,7-12H2,1H3,(H2,20,21,25). The normalized spacial score (nSPS) is 17.2. The zero-order valence-corrected chi connectivity index (χ0v) is 14.7.